The number of amides is 1. The Balaban J connectivity index is 1.66. The normalized spacial score (nSPS) is 13.9. The van der Waals surface area contributed by atoms with Crippen LogP contribution >= 0.6 is 0 Å². The van der Waals surface area contributed by atoms with Crippen molar-refractivity contribution in [3.63, 3.8) is 0 Å². The maximum absolute atomic E-state index is 11.4. The number of hydrogen-bond donors (Lipinski definition) is 2. The lowest BCUT2D eigenvalue weighted by atomic mass is 10.2. The number of morpholine rings is 1. The van der Waals surface area contributed by atoms with Crippen LogP contribution in [0.4, 0.5) is 16.4 Å². The molecule has 2 aromatic rings. The van der Waals surface area contributed by atoms with Crippen LogP contribution in [0, 0.1) is 6.92 Å². The fourth-order valence-electron chi connectivity index (χ4n) is 3.12. The zero-order valence-corrected chi connectivity index (χ0v) is 18.1. The van der Waals surface area contributed by atoms with E-state index in [2.05, 4.69) is 31.8 Å². The summed E-state index contributed by atoms with van der Waals surface area (Å²) in [6, 6.07) is 10.0. The van der Waals surface area contributed by atoms with Gasteiger partial charge in [-0.25, -0.2) is 14.8 Å². The minimum Gasteiger partial charge on any atom is -0.450 e. The highest BCUT2D eigenvalue weighted by atomic mass is 16.5. The molecule has 2 heterocycles. The van der Waals surface area contributed by atoms with Gasteiger partial charge in [-0.3, -0.25) is 5.43 Å². The number of alkyl carbamates (subject to hydrolysis) is 1. The molecule has 31 heavy (non-hydrogen) atoms. The molecule has 0 radical (unpaired) electrons. The molecule has 3 rings (SSSR count). The van der Waals surface area contributed by atoms with Gasteiger partial charge in [-0.15, -0.1) is 0 Å². The molecule has 0 bridgehead atoms. The van der Waals surface area contributed by atoms with E-state index < -0.39 is 6.09 Å². The molecule has 0 unspecified atom stereocenters. The first kappa shape index (κ1) is 22.5. The average molecular weight is 427 g/mol. The van der Waals surface area contributed by atoms with E-state index in [4.69, 9.17) is 14.5 Å². The van der Waals surface area contributed by atoms with Gasteiger partial charge in [0.2, 0.25) is 0 Å². The lowest BCUT2D eigenvalue weighted by molar-refractivity contribution is 0.122. The summed E-state index contributed by atoms with van der Waals surface area (Å²) in [7, 11) is 0. The van der Waals surface area contributed by atoms with E-state index in [-0.39, 0.29) is 0 Å². The molecule has 0 atom stereocenters. The number of nitrogens with zero attached hydrogens (tertiary/aromatic N) is 4. The van der Waals surface area contributed by atoms with E-state index in [0.29, 0.717) is 50.8 Å². The Morgan fingerprint density at radius 2 is 2.13 bits per heavy atom. The van der Waals surface area contributed by atoms with Gasteiger partial charge in [-0.2, -0.15) is 5.10 Å². The van der Waals surface area contributed by atoms with Crippen LogP contribution in [0.5, 0.6) is 0 Å². The molecule has 9 heteroatoms. The van der Waals surface area contributed by atoms with Gasteiger partial charge >= 0.3 is 6.09 Å². The van der Waals surface area contributed by atoms with E-state index in [1.165, 1.54) is 5.56 Å². The Kier molecular flexibility index (Phi) is 8.59. The molecule has 1 aromatic carbocycles. The number of anilines is 2. The summed E-state index contributed by atoms with van der Waals surface area (Å²) in [6.45, 7) is 7.66. The number of hydrazone groups is 1. The number of nitrogens with one attached hydrogen (secondary N) is 2. The second-order valence-electron chi connectivity index (χ2n) is 7.18. The molecule has 0 spiro atoms. The third kappa shape index (κ3) is 7.53. The first-order valence-corrected chi connectivity index (χ1v) is 10.6. The van der Waals surface area contributed by atoms with Crippen LogP contribution in [0.15, 0.2) is 35.4 Å². The first-order chi connectivity index (χ1) is 15.1. The van der Waals surface area contributed by atoms with Gasteiger partial charge in [-0.1, -0.05) is 29.8 Å². The molecule has 9 nitrogen and oxygen atoms in total. The van der Waals surface area contributed by atoms with Crippen molar-refractivity contribution in [2.45, 2.75) is 26.7 Å². The summed E-state index contributed by atoms with van der Waals surface area (Å²) in [5.41, 5.74) is 5.21. The van der Waals surface area contributed by atoms with Gasteiger partial charge in [0.05, 0.1) is 26.0 Å². The lowest BCUT2D eigenvalue weighted by Crippen LogP contribution is -2.37. The van der Waals surface area contributed by atoms with Crippen LogP contribution in [0.2, 0.25) is 0 Å². The van der Waals surface area contributed by atoms with Crippen molar-refractivity contribution < 1.29 is 14.3 Å². The Bertz CT molecular complexity index is 883. The molecule has 1 aliphatic heterocycles. The van der Waals surface area contributed by atoms with Gasteiger partial charge in [0.15, 0.2) is 5.82 Å². The fourth-order valence-corrected chi connectivity index (χ4v) is 3.12. The molecule has 0 saturated carbocycles. The summed E-state index contributed by atoms with van der Waals surface area (Å²) in [4.78, 5) is 22.9. The number of aromatic nitrogens is 2. The Morgan fingerprint density at radius 1 is 1.29 bits per heavy atom. The van der Waals surface area contributed by atoms with E-state index in [1.54, 1.807) is 6.21 Å². The third-order valence-electron chi connectivity index (χ3n) is 4.63. The van der Waals surface area contributed by atoms with E-state index in [1.807, 2.05) is 38.1 Å². The number of ether oxygens (including phenoxy) is 2. The first-order valence-electron chi connectivity index (χ1n) is 10.6. The Hall–Kier alpha value is -3.20. The predicted octanol–water partition coefficient (Wildman–Crippen LogP) is 2.75. The number of carbonyl (C=O) groups excluding carboxylic acids is 1. The fraction of sp³-hybridized carbons (Fsp3) is 0.455. The molecule has 1 saturated heterocycles. The monoisotopic (exact) mass is 426 g/mol. The van der Waals surface area contributed by atoms with Crippen LogP contribution in [0.25, 0.3) is 0 Å². The van der Waals surface area contributed by atoms with Crippen molar-refractivity contribution in [2.24, 2.45) is 5.10 Å². The molecule has 1 aromatic heterocycles. The molecule has 2 N–H and O–H groups in total. The maximum Gasteiger partial charge on any atom is 0.407 e. The average Bonchev–Trinajstić information content (AvgIpc) is 2.77. The highest BCUT2D eigenvalue weighted by Gasteiger charge is 2.15. The zero-order valence-electron chi connectivity index (χ0n) is 18.1. The van der Waals surface area contributed by atoms with E-state index >= 15 is 0 Å². The predicted molar refractivity (Wildman–Crippen MR) is 121 cm³/mol. The minimum atomic E-state index is -0.404. The molecular weight excluding hydrogens is 396 g/mol. The van der Waals surface area contributed by atoms with Crippen molar-refractivity contribution in [2.75, 3.05) is 49.8 Å². The maximum atomic E-state index is 11.4. The molecule has 1 aliphatic rings. The summed E-state index contributed by atoms with van der Waals surface area (Å²) in [5, 5.41) is 6.94. The van der Waals surface area contributed by atoms with Crippen molar-refractivity contribution in [1.29, 1.82) is 0 Å². The highest BCUT2D eigenvalue weighted by molar-refractivity contribution is 5.80. The van der Waals surface area contributed by atoms with Crippen molar-refractivity contribution in [3.05, 3.63) is 47.3 Å². The van der Waals surface area contributed by atoms with Gasteiger partial charge < -0.3 is 19.7 Å². The topological polar surface area (TPSA) is 101 Å². The van der Waals surface area contributed by atoms with Crippen LogP contribution in [0.3, 0.4) is 0 Å². The number of rotatable bonds is 9. The standard InChI is InChI=1S/C22H30N6O3/c1-3-23-22(29)31-11-5-8-19-25-20(15-21(26-19)28-9-12-30-13-10-28)27-24-16-18-7-4-6-17(2)14-18/h4,6-7,14-16H,3,5,8-13H2,1-2H3,(H,23,29)(H,25,26,27)/b24-16+. The second-order valence-corrected chi connectivity index (χ2v) is 7.18. The Labute approximate surface area is 182 Å². The number of hydrogen-bond acceptors (Lipinski definition) is 8. The van der Waals surface area contributed by atoms with E-state index in [9.17, 15) is 4.79 Å². The van der Waals surface area contributed by atoms with E-state index in [0.717, 1.165) is 24.5 Å². The van der Waals surface area contributed by atoms with Crippen LogP contribution < -0.4 is 15.6 Å². The lowest BCUT2D eigenvalue weighted by Gasteiger charge is -2.28. The Morgan fingerprint density at radius 3 is 2.90 bits per heavy atom. The second kappa shape index (κ2) is 11.8. The molecule has 1 amide bonds. The number of aryl methyl sites for hydroxylation is 2. The van der Waals surface area contributed by atoms with Crippen molar-refractivity contribution in [1.82, 2.24) is 15.3 Å². The summed E-state index contributed by atoms with van der Waals surface area (Å²) in [6.07, 6.45) is 2.59. The van der Waals surface area contributed by atoms with Gasteiger partial charge in [-0.05, 0) is 25.8 Å². The van der Waals surface area contributed by atoms with Crippen molar-refractivity contribution in [3.8, 4) is 0 Å². The molecule has 166 valence electrons. The van der Waals surface area contributed by atoms with Crippen molar-refractivity contribution >= 4 is 23.9 Å². The smallest absolute Gasteiger partial charge is 0.407 e. The third-order valence-corrected chi connectivity index (χ3v) is 4.63. The van der Waals surface area contributed by atoms with Gasteiger partial charge in [0.25, 0.3) is 0 Å². The van der Waals surface area contributed by atoms with Crippen LogP contribution in [0.1, 0.15) is 30.3 Å². The minimum absolute atomic E-state index is 0.311. The molecule has 0 aliphatic carbocycles. The SMILES string of the molecule is CCNC(=O)OCCCc1nc(N/N=C/c2cccc(C)c2)cc(N2CCOCC2)n1. The van der Waals surface area contributed by atoms with Crippen LogP contribution in [-0.4, -0.2) is 61.7 Å². The quantitative estimate of drug-likeness (QED) is 0.361. The number of carbonyl (C=O) groups is 1. The zero-order chi connectivity index (χ0) is 21.9. The highest BCUT2D eigenvalue weighted by Crippen LogP contribution is 2.18. The summed E-state index contributed by atoms with van der Waals surface area (Å²) >= 11 is 0. The summed E-state index contributed by atoms with van der Waals surface area (Å²) in [5.74, 6) is 2.14. The largest absolute Gasteiger partial charge is 0.450 e. The van der Waals surface area contributed by atoms with Gasteiger partial charge in [0.1, 0.15) is 11.6 Å². The molecular formula is C22H30N6O3. The molecule has 1 fully saturated rings. The summed E-state index contributed by atoms with van der Waals surface area (Å²) < 4.78 is 10.6. The van der Waals surface area contributed by atoms with Gasteiger partial charge in [0, 0.05) is 32.1 Å². The van der Waals surface area contributed by atoms with Crippen LogP contribution in [-0.2, 0) is 15.9 Å². The number of benzene rings is 1.